The molecule has 1 saturated heterocycles. The average Bonchev–Trinajstić information content (AvgIpc) is 2.50. The third kappa shape index (κ3) is 2.99. The molecule has 1 aromatic carbocycles. The minimum Gasteiger partial charge on any atom is -0.332 e. The Hall–Kier alpha value is -1.88. The quantitative estimate of drug-likeness (QED) is 0.812. The highest BCUT2D eigenvalue weighted by Gasteiger charge is 2.28. The molecule has 0 atom stereocenters. The maximum Gasteiger partial charge on any atom is 0.316 e. The zero-order valence-corrected chi connectivity index (χ0v) is 12.1. The summed E-state index contributed by atoms with van der Waals surface area (Å²) in [6.45, 7) is 6.99. The van der Waals surface area contributed by atoms with E-state index >= 15 is 0 Å². The smallest absolute Gasteiger partial charge is 0.316 e. The lowest BCUT2D eigenvalue weighted by atomic mass is 10.1. The monoisotopic (exact) mass is 275 g/mol. The van der Waals surface area contributed by atoms with Gasteiger partial charge in [-0.2, -0.15) is 0 Å². The Labute approximate surface area is 119 Å². The second kappa shape index (κ2) is 6.52. The highest BCUT2D eigenvalue weighted by molar-refractivity contribution is 6.40. The van der Waals surface area contributed by atoms with E-state index in [9.17, 15) is 9.59 Å². The first-order chi connectivity index (χ1) is 9.65. The molecule has 1 N–H and O–H groups in total. The average molecular weight is 275 g/mol. The molecule has 0 unspecified atom stereocenters. The van der Waals surface area contributed by atoms with Crippen molar-refractivity contribution in [3.05, 3.63) is 29.8 Å². The van der Waals surface area contributed by atoms with Crippen LogP contribution < -0.4 is 10.2 Å². The van der Waals surface area contributed by atoms with Gasteiger partial charge in [0, 0.05) is 38.4 Å². The Bertz CT molecular complexity index is 496. The highest BCUT2D eigenvalue weighted by Crippen LogP contribution is 2.19. The molecule has 0 saturated carbocycles. The first kappa shape index (κ1) is 14.5. The third-order valence-corrected chi connectivity index (χ3v) is 3.55. The SMILES string of the molecule is CCN(C(=O)C(=O)N1CCNCC1)c1ccccc1C. The number of likely N-dealkylation sites (N-methyl/N-ethyl adjacent to an activating group) is 1. The first-order valence-corrected chi connectivity index (χ1v) is 7.02. The molecule has 1 fully saturated rings. The fourth-order valence-electron chi connectivity index (χ4n) is 2.41. The van der Waals surface area contributed by atoms with E-state index in [-0.39, 0.29) is 0 Å². The van der Waals surface area contributed by atoms with Crippen molar-refractivity contribution in [2.75, 3.05) is 37.6 Å². The lowest BCUT2D eigenvalue weighted by molar-refractivity contribution is -0.144. The molecule has 1 aliphatic heterocycles. The topological polar surface area (TPSA) is 52.7 Å². The van der Waals surface area contributed by atoms with Crippen LogP contribution in [-0.4, -0.2) is 49.4 Å². The van der Waals surface area contributed by atoms with Crippen LogP contribution in [-0.2, 0) is 9.59 Å². The number of aryl methyl sites for hydroxylation is 1. The Kier molecular flexibility index (Phi) is 4.74. The highest BCUT2D eigenvalue weighted by atomic mass is 16.2. The minimum atomic E-state index is -0.441. The van der Waals surface area contributed by atoms with E-state index in [1.807, 2.05) is 38.1 Å². The van der Waals surface area contributed by atoms with E-state index in [1.165, 1.54) is 0 Å². The lowest BCUT2D eigenvalue weighted by Gasteiger charge is -2.29. The zero-order valence-electron chi connectivity index (χ0n) is 12.1. The second-order valence-corrected chi connectivity index (χ2v) is 4.88. The number of piperazine rings is 1. The van der Waals surface area contributed by atoms with Gasteiger partial charge in [0.15, 0.2) is 0 Å². The van der Waals surface area contributed by atoms with Crippen LogP contribution in [0.15, 0.2) is 24.3 Å². The van der Waals surface area contributed by atoms with Crippen molar-refractivity contribution in [1.82, 2.24) is 10.2 Å². The van der Waals surface area contributed by atoms with Crippen molar-refractivity contribution in [1.29, 1.82) is 0 Å². The van der Waals surface area contributed by atoms with Crippen LogP contribution in [0.1, 0.15) is 12.5 Å². The van der Waals surface area contributed by atoms with Gasteiger partial charge in [-0.15, -0.1) is 0 Å². The maximum absolute atomic E-state index is 12.4. The van der Waals surface area contributed by atoms with Crippen molar-refractivity contribution in [2.24, 2.45) is 0 Å². The lowest BCUT2D eigenvalue weighted by Crippen LogP contribution is -2.52. The molecule has 2 amide bonds. The Morgan fingerprint density at radius 1 is 1.25 bits per heavy atom. The maximum atomic E-state index is 12.4. The predicted molar refractivity (Wildman–Crippen MR) is 78.7 cm³/mol. The van der Waals surface area contributed by atoms with E-state index in [1.54, 1.807) is 9.80 Å². The second-order valence-electron chi connectivity index (χ2n) is 4.88. The molecule has 0 bridgehead atoms. The molecule has 2 rings (SSSR count). The number of rotatable bonds is 2. The molecule has 20 heavy (non-hydrogen) atoms. The number of amides is 2. The third-order valence-electron chi connectivity index (χ3n) is 3.55. The van der Waals surface area contributed by atoms with Gasteiger partial charge in [-0.1, -0.05) is 18.2 Å². The normalized spacial score (nSPS) is 15.0. The van der Waals surface area contributed by atoms with Crippen LogP contribution in [0.4, 0.5) is 5.69 Å². The Balaban J connectivity index is 2.16. The van der Waals surface area contributed by atoms with Crippen LogP contribution in [0.25, 0.3) is 0 Å². The standard InChI is InChI=1S/C15H21N3O2/c1-3-18(13-7-5-4-6-12(13)2)15(20)14(19)17-10-8-16-9-11-17/h4-7,16H,3,8-11H2,1-2H3. The summed E-state index contributed by atoms with van der Waals surface area (Å²) in [7, 11) is 0. The summed E-state index contributed by atoms with van der Waals surface area (Å²) in [5.74, 6) is -0.847. The van der Waals surface area contributed by atoms with Crippen molar-refractivity contribution >= 4 is 17.5 Å². The van der Waals surface area contributed by atoms with E-state index in [2.05, 4.69) is 5.32 Å². The summed E-state index contributed by atoms with van der Waals surface area (Å²) in [5.41, 5.74) is 1.80. The van der Waals surface area contributed by atoms with Crippen molar-refractivity contribution < 1.29 is 9.59 Å². The van der Waals surface area contributed by atoms with Gasteiger partial charge < -0.3 is 15.1 Å². The predicted octanol–water partition coefficient (Wildman–Crippen LogP) is 0.780. The molecule has 5 heteroatoms. The van der Waals surface area contributed by atoms with Crippen LogP contribution in [0.2, 0.25) is 0 Å². The number of anilines is 1. The van der Waals surface area contributed by atoms with E-state index in [0.29, 0.717) is 19.6 Å². The summed E-state index contributed by atoms with van der Waals surface area (Å²) >= 11 is 0. The Morgan fingerprint density at radius 3 is 2.50 bits per heavy atom. The number of hydrogen-bond acceptors (Lipinski definition) is 3. The molecule has 5 nitrogen and oxygen atoms in total. The molecule has 108 valence electrons. The van der Waals surface area contributed by atoms with Gasteiger partial charge in [0.2, 0.25) is 0 Å². The fourth-order valence-corrected chi connectivity index (χ4v) is 2.41. The van der Waals surface area contributed by atoms with Gasteiger partial charge in [-0.3, -0.25) is 9.59 Å². The molecule has 1 aromatic rings. The number of nitrogens with one attached hydrogen (secondary N) is 1. The molecular weight excluding hydrogens is 254 g/mol. The number of carbonyl (C=O) groups is 2. The van der Waals surface area contributed by atoms with Gasteiger partial charge >= 0.3 is 11.8 Å². The minimum absolute atomic E-state index is 0.406. The number of nitrogens with zero attached hydrogens (tertiary/aromatic N) is 2. The van der Waals surface area contributed by atoms with Gasteiger partial charge in [0.25, 0.3) is 0 Å². The molecular formula is C15H21N3O2. The van der Waals surface area contributed by atoms with Crippen molar-refractivity contribution in [3.63, 3.8) is 0 Å². The number of carbonyl (C=O) groups excluding carboxylic acids is 2. The molecule has 1 aliphatic rings. The first-order valence-electron chi connectivity index (χ1n) is 7.02. The molecule has 0 aromatic heterocycles. The summed E-state index contributed by atoms with van der Waals surface area (Å²) in [6.07, 6.45) is 0. The summed E-state index contributed by atoms with van der Waals surface area (Å²) < 4.78 is 0. The molecule has 0 aliphatic carbocycles. The van der Waals surface area contributed by atoms with Gasteiger partial charge in [-0.05, 0) is 25.5 Å². The van der Waals surface area contributed by atoms with Crippen LogP contribution >= 0.6 is 0 Å². The largest absolute Gasteiger partial charge is 0.332 e. The fraction of sp³-hybridized carbons (Fsp3) is 0.467. The number of para-hydroxylation sites is 1. The van der Waals surface area contributed by atoms with E-state index in [4.69, 9.17) is 0 Å². The van der Waals surface area contributed by atoms with Gasteiger partial charge in [-0.25, -0.2) is 0 Å². The van der Waals surface area contributed by atoms with Crippen LogP contribution in [0.3, 0.4) is 0 Å². The summed E-state index contributed by atoms with van der Waals surface area (Å²) in [4.78, 5) is 27.9. The van der Waals surface area contributed by atoms with Crippen molar-refractivity contribution in [2.45, 2.75) is 13.8 Å². The van der Waals surface area contributed by atoms with Gasteiger partial charge in [0.05, 0.1) is 0 Å². The zero-order chi connectivity index (χ0) is 14.5. The molecule has 1 heterocycles. The van der Waals surface area contributed by atoms with Gasteiger partial charge in [0.1, 0.15) is 0 Å². The van der Waals surface area contributed by atoms with Crippen LogP contribution in [0.5, 0.6) is 0 Å². The summed E-state index contributed by atoms with van der Waals surface area (Å²) in [5, 5.41) is 3.17. The molecule has 0 spiro atoms. The number of benzene rings is 1. The number of hydrogen-bond donors (Lipinski definition) is 1. The molecule has 0 radical (unpaired) electrons. The van der Waals surface area contributed by atoms with E-state index < -0.39 is 11.8 Å². The van der Waals surface area contributed by atoms with E-state index in [0.717, 1.165) is 24.3 Å². The Morgan fingerprint density at radius 2 is 1.90 bits per heavy atom. The summed E-state index contributed by atoms with van der Waals surface area (Å²) in [6, 6.07) is 7.63. The van der Waals surface area contributed by atoms with Crippen LogP contribution in [0, 0.1) is 6.92 Å². The van der Waals surface area contributed by atoms with Crippen molar-refractivity contribution in [3.8, 4) is 0 Å².